The number of hydrogen-bond donors (Lipinski definition) is 1. The Morgan fingerprint density at radius 2 is 1.86 bits per heavy atom. The Hall–Kier alpha value is -1.64. The zero-order valence-corrected chi connectivity index (χ0v) is 13.3. The van der Waals surface area contributed by atoms with E-state index in [1.807, 2.05) is 19.1 Å². The molecule has 0 aliphatic heterocycles. The average Bonchev–Trinajstić information content (AvgIpc) is 2.78. The molecule has 1 aromatic rings. The van der Waals surface area contributed by atoms with E-state index in [9.17, 15) is 5.11 Å². The lowest BCUT2D eigenvalue weighted by Gasteiger charge is -2.34. The number of phenols is 1. The Labute approximate surface area is 126 Å². The Morgan fingerprint density at radius 1 is 1.19 bits per heavy atom. The summed E-state index contributed by atoms with van der Waals surface area (Å²) in [5, 5.41) is 18.4. The number of hydrogen-bond acceptors (Lipinski definition) is 3. The standard InChI is InChI=1S/C18H24N2O/c1-12(13-5-7-15(21)8-6-13)19-20-16-11-14-9-10-18(16,4)17(14,2)3/h5-8,14,21H,9-11H2,1-4H3/b19-12+,20-16-/t14-,18+/m1/s1. The van der Waals surface area contributed by atoms with Gasteiger partial charge in [0.05, 0.1) is 5.71 Å². The quantitative estimate of drug-likeness (QED) is 0.635. The topological polar surface area (TPSA) is 45.0 Å². The molecule has 0 spiro atoms. The van der Waals surface area contributed by atoms with E-state index in [0.29, 0.717) is 5.41 Å². The lowest BCUT2D eigenvalue weighted by atomic mass is 9.70. The first-order valence-corrected chi connectivity index (χ1v) is 7.75. The smallest absolute Gasteiger partial charge is 0.115 e. The summed E-state index contributed by atoms with van der Waals surface area (Å²) >= 11 is 0. The first-order chi connectivity index (χ1) is 9.84. The molecule has 3 heteroatoms. The Kier molecular flexibility index (Phi) is 3.19. The molecule has 2 aliphatic carbocycles. The van der Waals surface area contributed by atoms with Gasteiger partial charge in [-0.3, -0.25) is 0 Å². The molecule has 0 saturated heterocycles. The normalized spacial score (nSPS) is 32.9. The molecule has 0 heterocycles. The van der Waals surface area contributed by atoms with E-state index in [1.165, 1.54) is 18.6 Å². The fraction of sp³-hybridized carbons (Fsp3) is 0.556. The van der Waals surface area contributed by atoms with Crippen LogP contribution in [0.5, 0.6) is 5.75 Å². The van der Waals surface area contributed by atoms with Gasteiger partial charge in [0.25, 0.3) is 0 Å². The van der Waals surface area contributed by atoms with Crippen LogP contribution in [0.2, 0.25) is 0 Å². The second-order valence-electron chi connectivity index (χ2n) is 7.27. The van der Waals surface area contributed by atoms with Crippen LogP contribution in [0, 0.1) is 16.7 Å². The zero-order valence-electron chi connectivity index (χ0n) is 13.3. The van der Waals surface area contributed by atoms with Gasteiger partial charge in [-0.2, -0.15) is 10.2 Å². The van der Waals surface area contributed by atoms with Crippen LogP contribution in [0.4, 0.5) is 0 Å². The van der Waals surface area contributed by atoms with Gasteiger partial charge >= 0.3 is 0 Å². The van der Waals surface area contributed by atoms with Crippen molar-refractivity contribution >= 4 is 11.4 Å². The van der Waals surface area contributed by atoms with Gasteiger partial charge in [-0.25, -0.2) is 0 Å². The zero-order chi connectivity index (χ0) is 15.3. The Bertz CT molecular complexity index is 613. The van der Waals surface area contributed by atoms with Gasteiger partial charge in [-0.15, -0.1) is 0 Å². The summed E-state index contributed by atoms with van der Waals surface area (Å²) in [7, 11) is 0. The van der Waals surface area contributed by atoms with Gasteiger partial charge in [0.1, 0.15) is 5.75 Å². The van der Waals surface area contributed by atoms with Gasteiger partial charge in [0.15, 0.2) is 0 Å². The minimum absolute atomic E-state index is 0.205. The number of phenolic OH excluding ortho intramolecular Hbond substituents is 1. The van der Waals surface area contributed by atoms with Crippen LogP contribution in [0.25, 0.3) is 0 Å². The molecular weight excluding hydrogens is 260 g/mol. The first-order valence-electron chi connectivity index (χ1n) is 7.75. The molecule has 1 aromatic carbocycles. The minimum Gasteiger partial charge on any atom is -0.508 e. The van der Waals surface area contributed by atoms with Crippen molar-refractivity contribution in [3.8, 4) is 5.75 Å². The van der Waals surface area contributed by atoms with Crippen molar-refractivity contribution in [1.29, 1.82) is 0 Å². The predicted octanol–water partition coefficient (Wildman–Crippen LogP) is 4.40. The van der Waals surface area contributed by atoms with Crippen molar-refractivity contribution in [1.82, 2.24) is 0 Å². The highest BCUT2D eigenvalue weighted by Crippen LogP contribution is 2.63. The van der Waals surface area contributed by atoms with Crippen molar-refractivity contribution < 1.29 is 5.11 Å². The third kappa shape index (κ3) is 2.10. The van der Waals surface area contributed by atoms with E-state index < -0.39 is 0 Å². The van der Waals surface area contributed by atoms with Crippen molar-refractivity contribution in [3.05, 3.63) is 29.8 Å². The molecular formula is C18H24N2O. The molecule has 21 heavy (non-hydrogen) atoms. The summed E-state index contributed by atoms with van der Waals surface area (Å²) in [4.78, 5) is 0. The summed E-state index contributed by atoms with van der Waals surface area (Å²) in [6, 6.07) is 7.12. The van der Waals surface area contributed by atoms with Crippen LogP contribution in [-0.4, -0.2) is 16.5 Å². The maximum atomic E-state index is 9.34. The second-order valence-corrected chi connectivity index (χ2v) is 7.27. The molecule has 3 nitrogen and oxygen atoms in total. The van der Waals surface area contributed by atoms with Gasteiger partial charge in [-0.1, -0.05) is 20.8 Å². The van der Waals surface area contributed by atoms with E-state index in [-0.39, 0.29) is 11.2 Å². The van der Waals surface area contributed by atoms with Crippen LogP contribution < -0.4 is 0 Å². The molecule has 1 N–H and O–H groups in total. The maximum absolute atomic E-state index is 9.34. The van der Waals surface area contributed by atoms with Crippen molar-refractivity contribution in [2.75, 3.05) is 0 Å². The molecule has 2 aliphatic rings. The van der Waals surface area contributed by atoms with Crippen LogP contribution in [-0.2, 0) is 0 Å². The largest absolute Gasteiger partial charge is 0.508 e. The van der Waals surface area contributed by atoms with Gasteiger partial charge in [0, 0.05) is 11.1 Å². The number of rotatable bonds is 2. The van der Waals surface area contributed by atoms with Crippen molar-refractivity contribution in [2.45, 2.75) is 47.0 Å². The fourth-order valence-corrected chi connectivity index (χ4v) is 3.98. The molecule has 2 saturated carbocycles. The Morgan fingerprint density at radius 3 is 2.38 bits per heavy atom. The third-order valence-corrected chi connectivity index (χ3v) is 6.12. The monoisotopic (exact) mass is 284 g/mol. The van der Waals surface area contributed by atoms with E-state index >= 15 is 0 Å². The van der Waals surface area contributed by atoms with Gasteiger partial charge in [-0.05, 0) is 67.3 Å². The van der Waals surface area contributed by atoms with Crippen molar-refractivity contribution in [3.63, 3.8) is 0 Å². The van der Waals surface area contributed by atoms with Crippen LogP contribution in [0.15, 0.2) is 34.5 Å². The molecule has 0 amide bonds. The molecule has 2 fully saturated rings. The minimum atomic E-state index is 0.205. The number of aromatic hydroxyl groups is 1. The molecule has 0 radical (unpaired) electrons. The highest BCUT2D eigenvalue weighted by atomic mass is 16.3. The summed E-state index contributed by atoms with van der Waals surface area (Å²) in [5.74, 6) is 1.03. The number of fused-ring (bicyclic) bond motifs is 2. The summed E-state index contributed by atoms with van der Waals surface area (Å²) in [6.07, 6.45) is 3.65. The highest BCUT2D eigenvalue weighted by Gasteiger charge is 2.59. The van der Waals surface area contributed by atoms with Gasteiger partial charge < -0.3 is 5.11 Å². The molecule has 3 rings (SSSR count). The summed E-state index contributed by atoms with van der Waals surface area (Å²) < 4.78 is 0. The SMILES string of the molecule is C/C(=N\N=C1\C[C@H]2CC[C@]1(C)C2(C)C)c1ccc(O)cc1. The molecule has 0 unspecified atom stereocenters. The highest BCUT2D eigenvalue weighted by molar-refractivity contribution is 6.00. The first kappa shape index (κ1) is 14.3. The third-order valence-electron chi connectivity index (χ3n) is 6.12. The second kappa shape index (κ2) is 4.69. The van der Waals surface area contributed by atoms with E-state index in [1.54, 1.807) is 12.1 Å². The summed E-state index contributed by atoms with van der Waals surface area (Å²) in [5.41, 5.74) is 3.71. The molecule has 2 atom stereocenters. The lowest BCUT2D eigenvalue weighted by molar-refractivity contribution is 0.194. The molecule has 2 bridgehead atoms. The van der Waals surface area contributed by atoms with E-state index in [2.05, 4.69) is 31.0 Å². The van der Waals surface area contributed by atoms with E-state index in [4.69, 9.17) is 0 Å². The van der Waals surface area contributed by atoms with Gasteiger partial charge in [0.2, 0.25) is 0 Å². The Balaban J connectivity index is 1.87. The lowest BCUT2D eigenvalue weighted by Crippen LogP contribution is -2.32. The van der Waals surface area contributed by atoms with Crippen molar-refractivity contribution in [2.24, 2.45) is 27.0 Å². The molecule has 0 aromatic heterocycles. The van der Waals surface area contributed by atoms with Crippen LogP contribution in [0.3, 0.4) is 0 Å². The van der Waals surface area contributed by atoms with E-state index in [0.717, 1.165) is 23.6 Å². The average molecular weight is 284 g/mol. The van der Waals surface area contributed by atoms with Crippen LogP contribution >= 0.6 is 0 Å². The predicted molar refractivity (Wildman–Crippen MR) is 87.0 cm³/mol. The molecule has 112 valence electrons. The number of nitrogens with zero attached hydrogens (tertiary/aromatic N) is 2. The fourth-order valence-electron chi connectivity index (χ4n) is 3.98. The number of benzene rings is 1. The summed E-state index contributed by atoms with van der Waals surface area (Å²) in [6.45, 7) is 9.08. The maximum Gasteiger partial charge on any atom is 0.115 e. The van der Waals surface area contributed by atoms with Crippen LogP contribution in [0.1, 0.15) is 52.5 Å².